The molecule has 1 fully saturated rings. The van der Waals surface area contributed by atoms with Crippen LogP contribution in [0.3, 0.4) is 0 Å². The molecule has 0 saturated carbocycles. The zero-order chi connectivity index (χ0) is 21.3. The highest BCUT2D eigenvalue weighted by atomic mass is 16.5. The van der Waals surface area contributed by atoms with E-state index in [1.165, 1.54) is 7.11 Å². The van der Waals surface area contributed by atoms with Crippen LogP contribution >= 0.6 is 0 Å². The number of carbonyl (C=O) groups is 3. The van der Waals surface area contributed by atoms with E-state index < -0.39 is 24.0 Å². The van der Waals surface area contributed by atoms with E-state index in [0.717, 1.165) is 11.1 Å². The van der Waals surface area contributed by atoms with Crippen LogP contribution < -0.4 is 10.6 Å². The molecule has 1 amide bonds. The molecule has 2 aromatic rings. The summed E-state index contributed by atoms with van der Waals surface area (Å²) >= 11 is 0. The Hall–Kier alpha value is -3.19. The number of hydrogen-bond donors (Lipinski definition) is 2. The smallest absolute Gasteiger partial charge is 0.323 e. The standard InChI is InChI=1S/C23H26N2O5/c1-29-23(28)20(12-16-8-4-2-5-9-16)24-18-13-21(26)25-19(18)14-22(27)30-15-17-10-6-3-7-11-17/h2-11,18-20,24H,12-15H2,1H3,(H,25,26)/t18-,19-,20?/m0/s1. The maximum Gasteiger partial charge on any atom is 0.323 e. The van der Waals surface area contributed by atoms with E-state index in [4.69, 9.17) is 9.47 Å². The van der Waals surface area contributed by atoms with Crippen molar-refractivity contribution in [2.75, 3.05) is 7.11 Å². The van der Waals surface area contributed by atoms with Crippen LogP contribution in [-0.2, 0) is 36.9 Å². The molecule has 3 rings (SSSR count). The van der Waals surface area contributed by atoms with Crippen molar-refractivity contribution < 1.29 is 23.9 Å². The van der Waals surface area contributed by atoms with Gasteiger partial charge in [0.1, 0.15) is 12.6 Å². The first-order valence-corrected chi connectivity index (χ1v) is 9.92. The topological polar surface area (TPSA) is 93.7 Å². The lowest BCUT2D eigenvalue weighted by Gasteiger charge is -2.24. The van der Waals surface area contributed by atoms with Gasteiger partial charge in [-0.2, -0.15) is 0 Å². The number of carbonyl (C=O) groups excluding carboxylic acids is 3. The molecule has 1 heterocycles. The van der Waals surface area contributed by atoms with Crippen LogP contribution in [0.25, 0.3) is 0 Å². The second kappa shape index (κ2) is 10.5. The summed E-state index contributed by atoms with van der Waals surface area (Å²) in [7, 11) is 1.33. The number of amides is 1. The highest BCUT2D eigenvalue weighted by molar-refractivity contribution is 5.82. The first-order chi connectivity index (χ1) is 14.5. The fourth-order valence-electron chi connectivity index (χ4n) is 3.51. The Morgan fingerprint density at radius 3 is 2.33 bits per heavy atom. The van der Waals surface area contributed by atoms with Crippen LogP contribution in [0.5, 0.6) is 0 Å². The van der Waals surface area contributed by atoms with Gasteiger partial charge >= 0.3 is 11.9 Å². The molecule has 0 bridgehead atoms. The molecule has 7 heteroatoms. The maximum absolute atomic E-state index is 12.3. The van der Waals surface area contributed by atoms with Gasteiger partial charge in [-0.25, -0.2) is 0 Å². The van der Waals surface area contributed by atoms with Crippen molar-refractivity contribution in [2.45, 2.75) is 44.0 Å². The molecule has 2 aromatic carbocycles. The van der Waals surface area contributed by atoms with Crippen LogP contribution in [0, 0.1) is 0 Å². The van der Waals surface area contributed by atoms with E-state index in [1.807, 2.05) is 60.7 Å². The molecule has 0 spiro atoms. The summed E-state index contributed by atoms with van der Waals surface area (Å²) in [5.74, 6) is -0.990. The highest BCUT2D eigenvalue weighted by Crippen LogP contribution is 2.16. The van der Waals surface area contributed by atoms with Gasteiger partial charge in [0.25, 0.3) is 0 Å². The van der Waals surface area contributed by atoms with Gasteiger partial charge in [-0.05, 0) is 17.5 Å². The number of hydrogen-bond acceptors (Lipinski definition) is 6. The Labute approximate surface area is 175 Å². The molecule has 1 unspecified atom stereocenters. The number of ether oxygens (including phenoxy) is 2. The monoisotopic (exact) mass is 410 g/mol. The highest BCUT2D eigenvalue weighted by Gasteiger charge is 2.37. The fraction of sp³-hybridized carbons (Fsp3) is 0.348. The molecule has 0 radical (unpaired) electrons. The predicted molar refractivity (Wildman–Crippen MR) is 110 cm³/mol. The van der Waals surface area contributed by atoms with Crippen molar-refractivity contribution in [1.29, 1.82) is 0 Å². The van der Waals surface area contributed by atoms with E-state index in [1.54, 1.807) is 0 Å². The Balaban J connectivity index is 1.60. The van der Waals surface area contributed by atoms with Crippen molar-refractivity contribution in [3.63, 3.8) is 0 Å². The molecule has 158 valence electrons. The van der Waals surface area contributed by atoms with Gasteiger partial charge in [-0.1, -0.05) is 60.7 Å². The van der Waals surface area contributed by atoms with Gasteiger partial charge in [-0.15, -0.1) is 0 Å². The Kier molecular flexibility index (Phi) is 7.57. The summed E-state index contributed by atoms with van der Waals surface area (Å²) in [5.41, 5.74) is 1.86. The minimum atomic E-state index is -0.627. The van der Waals surface area contributed by atoms with Gasteiger partial charge < -0.3 is 14.8 Å². The average Bonchev–Trinajstić information content (AvgIpc) is 3.11. The number of rotatable bonds is 9. The van der Waals surface area contributed by atoms with E-state index in [0.29, 0.717) is 6.42 Å². The first-order valence-electron chi connectivity index (χ1n) is 9.92. The number of benzene rings is 2. The molecule has 0 aliphatic carbocycles. The lowest BCUT2D eigenvalue weighted by molar-refractivity contribution is -0.145. The van der Waals surface area contributed by atoms with Gasteiger partial charge in [-0.3, -0.25) is 19.7 Å². The first kappa shape index (κ1) is 21.5. The molecular formula is C23H26N2O5. The second-order valence-electron chi connectivity index (χ2n) is 7.27. The maximum atomic E-state index is 12.3. The third-order valence-corrected chi connectivity index (χ3v) is 5.05. The van der Waals surface area contributed by atoms with Gasteiger partial charge in [0.15, 0.2) is 0 Å². The largest absolute Gasteiger partial charge is 0.468 e. The SMILES string of the molecule is COC(=O)C(Cc1ccccc1)N[C@H]1CC(=O)N[C@H]1CC(=O)OCc1ccccc1. The zero-order valence-corrected chi connectivity index (χ0v) is 16.9. The molecular weight excluding hydrogens is 384 g/mol. The molecule has 1 aliphatic heterocycles. The van der Waals surface area contributed by atoms with Gasteiger partial charge in [0, 0.05) is 12.5 Å². The number of methoxy groups -OCH3 is 1. The number of nitrogens with one attached hydrogen (secondary N) is 2. The van der Waals surface area contributed by atoms with Gasteiger partial charge in [0.2, 0.25) is 5.91 Å². The quantitative estimate of drug-likeness (QED) is 0.612. The van der Waals surface area contributed by atoms with Crippen LogP contribution in [0.2, 0.25) is 0 Å². The Morgan fingerprint density at radius 1 is 1.07 bits per heavy atom. The van der Waals surface area contributed by atoms with Crippen molar-refractivity contribution >= 4 is 17.8 Å². The summed E-state index contributed by atoms with van der Waals surface area (Å²) in [5, 5.41) is 6.01. The van der Waals surface area contributed by atoms with E-state index in [9.17, 15) is 14.4 Å². The lowest BCUT2D eigenvalue weighted by Crippen LogP contribution is -2.50. The minimum absolute atomic E-state index is 0.0233. The van der Waals surface area contributed by atoms with Gasteiger partial charge in [0.05, 0.1) is 19.6 Å². The normalized spacial score (nSPS) is 19.0. The summed E-state index contributed by atoms with van der Waals surface area (Å²) in [6.45, 7) is 0.178. The Morgan fingerprint density at radius 2 is 1.70 bits per heavy atom. The summed E-state index contributed by atoms with van der Waals surface area (Å²) in [6.07, 6.45) is 0.623. The van der Waals surface area contributed by atoms with E-state index in [-0.39, 0.29) is 31.4 Å². The molecule has 30 heavy (non-hydrogen) atoms. The van der Waals surface area contributed by atoms with Crippen LogP contribution in [0.1, 0.15) is 24.0 Å². The third-order valence-electron chi connectivity index (χ3n) is 5.05. The van der Waals surface area contributed by atoms with Crippen molar-refractivity contribution in [1.82, 2.24) is 10.6 Å². The van der Waals surface area contributed by atoms with Crippen LogP contribution in [-0.4, -0.2) is 43.1 Å². The fourth-order valence-corrected chi connectivity index (χ4v) is 3.51. The Bertz CT molecular complexity index is 856. The zero-order valence-electron chi connectivity index (χ0n) is 16.9. The van der Waals surface area contributed by atoms with Crippen LogP contribution in [0.15, 0.2) is 60.7 Å². The van der Waals surface area contributed by atoms with Crippen molar-refractivity contribution in [3.05, 3.63) is 71.8 Å². The van der Waals surface area contributed by atoms with E-state index in [2.05, 4.69) is 10.6 Å². The minimum Gasteiger partial charge on any atom is -0.468 e. The van der Waals surface area contributed by atoms with Crippen molar-refractivity contribution in [2.24, 2.45) is 0 Å². The van der Waals surface area contributed by atoms with Crippen molar-refractivity contribution in [3.8, 4) is 0 Å². The predicted octanol–water partition coefficient (Wildman–Crippen LogP) is 1.75. The summed E-state index contributed by atoms with van der Waals surface area (Å²) in [6, 6.07) is 17.5. The third kappa shape index (κ3) is 6.15. The second-order valence-corrected chi connectivity index (χ2v) is 7.27. The lowest BCUT2D eigenvalue weighted by atomic mass is 10.0. The molecule has 1 aliphatic rings. The molecule has 7 nitrogen and oxygen atoms in total. The molecule has 0 aromatic heterocycles. The summed E-state index contributed by atoms with van der Waals surface area (Å²) < 4.78 is 10.3. The van der Waals surface area contributed by atoms with Crippen LogP contribution in [0.4, 0.5) is 0 Å². The summed E-state index contributed by atoms with van der Waals surface area (Å²) in [4.78, 5) is 36.6. The number of esters is 2. The molecule has 3 atom stereocenters. The molecule has 2 N–H and O–H groups in total. The van der Waals surface area contributed by atoms with E-state index >= 15 is 0 Å². The molecule has 1 saturated heterocycles. The average molecular weight is 410 g/mol.